The Bertz CT molecular complexity index is 604. The minimum Gasteiger partial charge on any atom is -0.504 e. The molecular formula is C16H18ClNO4. The second-order valence-corrected chi connectivity index (χ2v) is 4.56. The number of aromatic hydroxyl groups is 2. The van der Waals surface area contributed by atoms with E-state index in [9.17, 15) is 15.0 Å². The van der Waals surface area contributed by atoms with Crippen LogP contribution in [0.25, 0.3) is 0 Å². The van der Waals surface area contributed by atoms with E-state index in [1.54, 1.807) is 6.07 Å². The van der Waals surface area contributed by atoms with Gasteiger partial charge in [0.2, 0.25) is 0 Å². The third kappa shape index (κ3) is 5.54. The van der Waals surface area contributed by atoms with Crippen LogP contribution in [0.2, 0.25) is 0 Å². The first-order valence-corrected chi connectivity index (χ1v) is 6.60. The average molecular weight is 324 g/mol. The number of alkyl carbamates (subject to hydrolysis) is 1. The molecule has 0 atom stereocenters. The number of carbonyl (C=O) groups is 1. The lowest BCUT2D eigenvalue weighted by atomic mass is 10.1. The fourth-order valence-electron chi connectivity index (χ4n) is 1.81. The molecule has 0 saturated carbocycles. The van der Waals surface area contributed by atoms with Gasteiger partial charge in [0.1, 0.15) is 6.61 Å². The normalized spacial score (nSPS) is 9.64. The van der Waals surface area contributed by atoms with Gasteiger partial charge in [0.25, 0.3) is 0 Å². The van der Waals surface area contributed by atoms with Crippen molar-refractivity contribution in [1.29, 1.82) is 0 Å². The summed E-state index contributed by atoms with van der Waals surface area (Å²) in [6.45, 7) is 0.616. The van der Waals surface area contributed by atoms with Crippen molar-refractivity contribution in [2.45, 2.75) is 13.0 Å². The van der Waals surface area contributed by atoms with E-state index in [4.69, 9.17) is 4.74 Å². The maximum absolute atomic E-state index is 11.5. The molecule has 22 heavy (non-hydrogen) atoms. The number of halogens is 1. The number of phenolic OH excluding ortho intramolecular Hbond substituents is 2. The topological polar surface area (TPSA) is 78.8 Å². The van der Waals surface area contributed by atoms with E-state index in [0.717, 1.165) is 11.1 Å². The lowest BCUT2D eigenvalue weighted by molar-refractivity contribution is 0.140. The summed E-state index contributed by atoms with van der Waals surface area (Å²) < 4.78 is 5.07. The SMILES string of the molecule is Cl.O=C(NCCc1ccc(O)c(O)c1)OCc1ccccc1. The highest BCUT2D eigenvalue weighted by Crippen LogP contribution is 2.24. The molecule has 0 aliphatic rings. The predicted octanol–water partition coefficient (Wildman–Crippen LogP) is 2.99. The van der Waals surface area contributed by atoms with Crippen molar-refractivity contribution in [2.24, 2.45) is 0 Å². The molecule has 0 unspecified atom stereocenters. The fourth-order valence-corrected chi connectivity index (χ4v) is 1.81. The number of hydrogen-bond donors (Lipinski definition) is 3. The maximum atomic E-state index is 11.5. The molecule has 5 nitrogen and oxygen atoms in total. The first kappa shape index (κ1) is 17.7. The third-order valence-corrected chi connectivity index (χ3v) is 2.94. The molecule has 118 valence electrons. The molecule has 0 saturated heterocycles. The summed E-state index contributed by atoms with van der Waals surface area (Å²) in [6, 6.07) is 14.0. The number of nitrogens with one attached hydrogen (secondary N) is 1. The smallest absolute Gasteiger partial charge is 0.407 e. The quantitative estimate of drug-likeness (QED) is 0.739. The second kappa shape index (κ2) is 8.79. The fraction of sp³-hybridized carbons (Fsp3) is 0.188. The van der Waals surface area contributed by atoms with E-state index in [0.29, 0.717) is 13.0 Å². The van der Waals surface area contributed by atoms with Crippen molar-refractivity contribution in [3.05, 3.63) is 59.7 Å². The molecule has 2 aromatic rings. The van der Waals surface area contributed by atoms with Crippen LogP contribution in [0.4, 0.5) is 4.79 Å². The minimum absolute atomic E-state index is 0. The summed E-state index contributed by atoms with van der Waals surface area (Å²) in [5, 5.41) is 21.2. The molecule has 0 heterocycles. The van der Waals surface area contributed by atoms with E-state index in [-0.39, 0.29) is 30.5 Å². The molecule has 6 heteroatoms. The highest BCUT2D eigenvalue weighted by molar-refractivity contribution is 5.85. The van der Waals surface area contributed by atoms with Gasteiger partial charge in [0.05, 0.1) is 0 Å². The third-order valence-electron chi connectivity index (χ3n) is 2.94. The zero-order valence-electron chi connectivity index (χ0n) is 11.9. The Morgan fingerprint density at radius 2 is 1.73 bits per heavy atom. The van der Waals surface area contributed by atoms with Crippen molar-refractivity contribution in [3.63, 3.8) is 0 Å². The molecule has 0 aromatic heterocycles. The zero-order chi connectivity index (χ0) is 15.1. The van der Waals surface area contributed by atoms with E-state index >= 15 is 0 Å². The average Bonchev–Trinajstić information content (AvgIpc) is 2.50. The first-order chi connectivity index (χ1) is 10.1. The molecule has 2 rings (SSSR count). The number of benzene rings is 2. The molecule has 2 aromatic carbocycles. The minimum atomic E-state index is -0.484. The first-order valence-electron chi connectivity index (χ1n) is 6.60. The number of rotatable bonds is 5. The zero-order valence-corrected chi connectivity index (χ0v) is 12.7. The maximum Gasteiger partial charge on any atom is 0.407 e. The summed E-state index contributed by atoms with van der Waals surface area (Å²) in [4.78, 5) is 11.5. The van der Waals surface area contributed by atoms with Crippen LogP contribution >= 0.6 is 12.4 Å². The van der Waals surface area contributed by atoms with Crippen LogP contribution < -0.4 is 5.32 Å². The monoisotopic (exact) mass is 323 g/mol. The number of amides is 1. The molecule has 0 spiro atoms. The Labute approximate surface area is 135 Å². The number of ether oxygens (including phenoxy) is 1. The highest BCUT2D eigenvalue weighted by Gasteiger charge is 2.04. The molecule has 0 fully saturated rings. The van der Waals surface area contributed by atoms with Gasteiger partial charge in [-0.1, -0.05) is 36.4 Å². The summed E-state index contributed by atoms with van der Waals surface area (Å²) in [6.07, 6.45) is 0.0516. The largest absolute Gasteiger partial charge is 0.504 e. The number of phenols is 2. The van der Waals surface area contributed by atoms with Gasteiger partial charge in [-0.2, -0.15) is 0 Å². The van der Waals surface area contributed by atoms with Gasteiger partial charge >= 0.3 is 6.09 Å². The van der Waals surface area contributed by atoms with E-state index < -0.39 is 6.09 Å². The van der Waals surface area contributed by atoms with Crippen molar-refractivity contribution in [1.82, 2.24) is 5.32 Å². The van der Waals surface area contributed by atoms with E-state index in [1.165, 1.54) is 12.1 Å². The number of hydrogen-bond acceptors (Lipinski definition) is 4. The van der Waals surface area contributed by atoms with Gasteiger partial charge in [0.15, 0.2) is 11.5 Å². The molecule has 0 aliphatic heterocycles. The summed E-state index contributed by atoms with van der Waals surface area (Å²) >= 11 is 0. The van der Waals surface area contributed by atoms with Crippen molar-refractivity contribution < 1.29 is 19.7 Å². The molecule has 0 radical (unpaired) electrons. The van der Waals surface area contributed by atoms with Crippen molar-refractivity contribution in [3.8, 4) is 11.5 Å². The van der Waals surface area contributed by atoms with Gasteiger partial charge in [-0.15, -0.1) is 12.4 Å². The van der Waals surface area contributed by atoms with Crippen molar-refractivity contribution >= 4 is 18.5 Å². The van der Waals surface area contributed by atoms with E-state index in [2.05, 4.69) is 5.32 Å². The predicted molar refractivity (Wildman–Crippen MR) is 85.4 cm³/mol. The van der Waals surface area contributed by atoms with Crippen LogP contribution in [0.15, 0.2) is 48.5 Å². The standard InChI is InChI=1S/C16H17NO4.ClH/c18-14-7-6-12(10-15(14)19)8-9-17-16(20)21-11-13-4-2-1-3-5-13;/h1-7,10,18-19H,8-9,11H2,(H,17,20);1H. The molecule has 3 N–H and O–H groups in total. The van der Waals surface area contributed by atoms with Gasteiger partial charge in [0, 0.05) is 6.54 Å². The van der Waals surface area contributed by atoms with Gasteiger partial charge < -0.3 is 20.3 Å². The Hall–Kier alpha value is -2.40. The van der Waals surface area contributed by atoms with Gasteiger partial charge in [-0.05, 0) is 29.7 Å². The Balaban J connectivity index is 0.00000242. The van der Waals surface area contributed by atoms with Crippen LogP contribution in [0.3, 0.4) is 0 Å². The Morgan fingerprint density at radius 3 is 2.41 bits per heavy atom. The summed E-state index contributed by atoms with van der Waals surface area (Å²) in [7, 11) is 0. The van der Waals surface area contributed by atoms with Crippen LogP contribution in [-0.2, 0) is 17.8 Å². The number of carbonyl (C=O) groups excluding carboxylic acids is 1. The van der Waals surface area contributed by atoms with Crippen LogP contribution in [-0.4, -0.2) is 22.9 Å². The molecular weight excluding hydrogens is 306 g/mol. The summed E-state index contributed by atoms with van der Waals surface area (Å²) in [5.41, 5.74) is 1.74. The summed E-state index contributed by atoms with van der Waals surface area (Å²) in [5.74, 6) is -0.326. The Kier molecular flexibility index (Phi) is 7.05. The Morgan fingerprint density at radius 1 is 1.00 bits per heavy atom. The van der Waals surface area contributed by atoms with Crippen molar-refractivity contribution in [2.75, 3.05) is 6.54 Å². The van der Waals surface area contributed by atoms with Gasteiger partial charge in [-0.3, -0.25) is 0 Å². The molecule has 0 aliphatic carbocycles. The highest BCUT2D eigenvalue weighted by atomic mass is 35.5. The molecule has 0 bridgehead atoms. The lowest BCUT2D eigenvalue weighted by Gasteiger charge is -2.07. The second-order valence-electron chi connectivity index (χ2n) is 4.56. The van der Waals surface area contributed by atoms with Crippen LogP contribution in [0.5, 0.6) is 11.5 Å². The van der Waals surface area contributed by atoms with Crippen LogP contribution in [0, 0.1) is 0 Å². The van der Waals surface area contributed by atoms with E-state index in [1.807, 2.05) is 30.3 Å². The van der Waals surface area contributed by atoms with Gasteiger partial charge in [-0.25, -0.2) is 4.79 Å². The lowest BCUT2D eigenvalue weighted by Crippen LogP contribution is -2.26. The molecule has 1 amide bonds. The van der Waals surface area contributed by atoms with Crippen LogP contribution in [0.1, 0.15) is 11.1 Å².